The van der Waals surface area contributed by atoms with Gasteiger partial charge >= 0.3 is 0 Å². The van der Waals surface area contributed by atoms with Crippen molar-refractivity contribution < 1.29 is 14.4 Å². The van der Waals surface area contributed by atoms with Crippen LogP contribution in [0, 0.1) is 11.8 Å². The second kappa shape index (κ2) is 11.6. The number of carbonyl (C=O) groups excluding carboxylic acids is 3. The molecule has 10 heteroatoms. The first-order chi connectivity index (χ1) is 19.1. The highest BCUT2D eigenvalue weighted by atomic mass is 16.2. The van der Waals surface area contributed by atoms with Crippen LogP contribution < -0.4 is 5.32 Å². The number of hydrogen-bond acceptors (Lipinski definition) is 6. The van der Waals surface area contributed by atoms with Gasteiger partial charge in [0.05, 0.1) is 29.0 Å². The number of piperidine rings is 2. The van der Waals surface area contributed by atoms with Crippen LogP contribution in [0.3, 0.4) is 0 Å². The molecule has 0 radical (unpaired) electrons. The number of allylic oxidation sites excluding steroid dienone is 1. The van der Waals surface area contributed by atoms with Crippen LogP contribution in [0.15, 0.2) is 28.9 Å². The van der Waals surface area contributed by atoms with Crippen LogP contribution in [-0.4, -0.2) is 87.8 Å². The van der Waals surface area contributed by atoms with Crippen LogP contribution in [0.2, 0.25) is 0 Å². The lowest BCUT2D eigenvalue weighted by molar-refractivity contribution is -0.138. The van der Waals surface area contributed by atoms with E-state index < -0.39 is 5.92 Å². The maximum Gasteiger partial charge on any atom is 0.254 e. The number of dihydropyridines is 1. The van der Waals surface area contributed by atoms with Gasteiger partial charge in [-0.3, -0.25) is 14.4 Å². The summed E-state index contributed by atoms with van der Waals surface area (Å²) in [5.74, 6) is -0.442. The first-order valence-electron chi connectivity index (χ1n) is 14.5. The molecule has 0 aliphatic carbocycles. The Morgan fingerprint density at radius 2 is 1.88 bits per heavy atom. The minimum absolute atomic E-state index is 0.0815. The van der Waals surface area contributed by atoms with Crippen molar-refractivity contribution in [3.63, 3.8) is 0 Å². The fourth-order valence-corrected chi connectivity index (χ4v) is 6.28. The zero-order valence-corrected chi connectivity index (χ0v) is 24.3. The smallest absolute Gasteiger partial charge is 0.254 e. The van der Waals surface area contributed by atoms with Crippen molar-refractivity contribution in [1.82, 2.24) is 29.9 Å². The van der Waals surface area contributed by atoms with E-state index in [9.17, 15) is 14.4 Å². The molecule has 40 heavy (non-hydrogen) atoms. The molecule has 5 rings (SSSR count). The SMILES string of the molecule is CC1=CC(C)=NC(=O)C1CNC(=O)c1cc(C2CCN(C(=O)C3CCCN(C)C3)CC2)nc2c1cnn2C(C)C. The molecule has 3 aliphatic heterocycles. The number of likely N-dealkylation sites (tertiary alicyclic amines) is 2. The van der Waals surface area contributed by atoms with Gasteiger partial charge in [-0.2, -0.15) is 5.10 Å². The summed E-state index contributed by atoms with van der Waals surface area (Å²) < 4.78 is 1.85. The molecule has 5 heterocycles. The average molecular weight is 548 g/mol. The van der Waals surface area contributed by atoms with E-state index in [2.05, 4.69) is 27.4 Å². The monoisotopic (exact) mass is 547 g/mol. The number of aromatic nitrogens is 3. The first-order valence-corrected chi connectivity index (χ1v) is 14.5. The van der Waals surface area contributed by atoms with Crippen molar-refractivity contribution in [3.05, 3.63) is 35.2 Å². The number of aliphatic imine (C=N–C) groups is 1. The highest BCUT2D eigenvalue weighted by Crippen LogP contribution is 2.32. The Balaban J connectivity index is 1.34. The molecular formula is C30H41N7O3. The van der Waals surface area contributed by atoms with Gasteiger partial charge < -0.3 is 15.1 Å². The molecule has 2 unspecified atom stereocenters. The Morgan fingerprint density at radius 3 is 2.55 bits per heavy atom. The molecule has 2 atom stereocenters. The van der Waals surface area contributed by atoms with Gasteiger partial charge in [0.15, 0.2) is 5.65 Å². The molecule has 0 saturated carbocycles. The standard InChI is InChI=1S/C30H41N7O3/c1-18(2)37-27-25(16-32-37)23(28(38)31-15-24-19(3)13-20(4)33-29(24)39)14-26(34-27)21-8-11-36(12-9-21)30(40)22-7-6-10-35(5)17-22/h13-14,16,18,21-22,24H,6-12,15,17H2,1-5H3,(H,31,38). The van der Waals surface area contributed by atoms with Crippen molar-refractivity contribution in [2.75, 3.05) is 39.8 Å². The van der Waals surface area contributed by atoms with Crippen LogP contribution in [0.25, 0.3) is 11.0 Å². The summed E-state index contributed by atoms with van der Waals surface area (Å²) in [6, 6.07) is 1.97. The predicted molar refractivity (Wildman–Crippen MR) is 154 cm³/mol. The van der Waals surface area contributed by atoms with Gasteiger partial charge in [0, 0.05) is 49.5 Å². The zero-order valence-electron chi connectivity index (χ0n) is 24.3. The van der Waals surface area contributed by atoms with Crippen LogP contribution in [0.4, 0.5) is 0 Å². The summed E-state index contributed by atoms with van der Waals surface area (Å²) >= 11 is 0. The van der Waals surface area contributed by atoms with Crippen molar-refractivity contribution in [3.8, 4) is 0 Å². The van der Waals surface area contributed by atoms with Gasteiger partial charge in [-0.15, -0.1) is 0 Å². The van der Waals surface area contributed by atoms with E-state index >= 15 is 0 Å². The number of pyridine rings is 1. The lowest BCUT2D eigenvalue weighted by atomic mass is 9.90. The van der Waals surface area contributed by atoms with Gasteiger partial charge in [-0.25, -0.2) is 14.7 Å². The summed E-state index contributed by atoms with van der Waals surface area (Å²) in [5.41, 5.74) is 3.64. The maximum absolute atomic E-state index is 13.5. The van der Waals surface area contributed by atoms with E-state index in [1.54, 1.807) is 13.1 Å². The van der Waals surface area contributed by atoms with Crippen molar-refractivity contribution in [2.45, 2.75) is 65.3 Å². The first kappa shape index (κ1) is 28.1. The summed E-state index contributed by atoms with van der Waals surface area (Å²) in [6.07, 6.45) is 7.24. The molecule has 2 fully saturated rings. The van der Waals surface area contributed by atoms with Crippen LogP contribution in [-0.2, 0) is 9.59 Å². The van der Waals surface area contributed by atoms with Gasteiger partial charge in [0.1, 0.15) is 0 Å². The van der Waals surface area contributed by atoms with E-state index in [1.807, 2.05) is 42.5 Å². The Hall–Kier alpha value is -3.40. The van der Waals surface area contributed by atoms with Crippen molar-refractivity contribution in [2.24, 2.45) is 16.8 Å². The van der Waals surface area contributed by atoms with Crippen LogP contribution in [0.1, 0.15) is 81.4 Å². The average Bonchev–Trinajstić information content (AvgIpc) is 3.36. The molecule has 2 saturated heterocycles. The number of carbonyl (C=O) groups is 3. The summed E-state index contributed by atoms with van der Waals surface area (Å²) in [6.45, 7) is 11.3. The van der Waals surface area contributed by atoms with E-state index in [4.69, 9.17) is 4.98 Å². The number of amides is 3. The lowest BCUT2D eigenvalue weighted by Crippen LogP contribution is -2.46. The topological polar surface area (TPSA) is 113 Å². The fourth-order valence-electron chi connectivity index (χ4n) is 6.28. The predicted octanol–water partition coefficient (Wildman–Crippen LogP) is 3.35. The molecular weight excluding hydrogens is 506 g/mol. The normalized spacial score (nSPS) is 22.9. The van der Waals surface area contributed by atoms with Gasteiger partial charge in [0.25, 0.3) is 11.8 Å². The zero-order chi connectivity index (χ0) is 28.6. The number of rotatable bonds is 6. The van der Waals surface area contributed by atoms with Gasteiger partial charge in [0.2, 0.25) is 5.91 Å². The Labute approximate surface area is 235 Å². The molecule has 214 valence electrons. The number of fused-ring (bicyclic) bond motifs is 1. The fraction of sp³-hybridized carbons (Fsp3) is 0.600. The van der Waals surface area contributed by atoms with Crippen molar-refractivity contribution >= 4 is 34.5 Å². The van der Waals surface area contributed by atoms with Gasteiger partial charge in [-0.1, -0.05) is 5.57 Å². The third-order valence-corrected chi connectivity index (χ3v) is 8.56. The number of hydrogen-bond donors (Lipinski definition) is 1. The van der Waals surface area contributed by atoms with Gasteiger partial charge in [-0.05, 0) is 79.1 Å². The third kappa shape index (κ3) is 5.73. The maximum atomic E-state index is 13.5. The van der Waals surface area contributed by atoms with E-state index in [0.717, 1.165) is 50.0 Å². The molecule has 10 nitrogen and oxygen atoms in total. The highest BCUT2D eigenvalue weighted by molar-refractivity contribution is 6.07. The Bertz CT molecular complexity index is 1370. The van der Waals surface area contributed by atoms with E-state index in [-0.39, 0.29) is 42.1 Å². The highest BCUT2D eigenvalue weighted by Gasteiger charge is 2.32. The molecule has 0 aromatic carbocycles. The summed E-state index contributed by atoms with van der Waals surface area (Å²) in [5, 5.41) is 8.21. The third-order valence-electron chi connectivity index (χ3n) is 8.56. The van der Waals surface area contributed by atoms with Crippen molar-refractivity contribution in [1.29, 1.82) is 0 Å². The minimum atomic E-state index is -0.464. The molecule has 2 aromatic heterocycles. The Morgan fingerprint density at radius 1 is 1.12 bits per heavy atom. The van der Waals surface area contributed by atoms with E-state index in [1.165, 1.54) is 0 Å². The second-order valence-corrected chi connectivity index (χ2v) is 12.0. The quantitative estimate of drug-likeness (QED) is 0.594. The second-order valence-electron chi connectivity index (χ2n) is 12.0. The number of nitrogens with one attached hydrogen (secondary N) is 1. The van der Waals surface area contributed by atoms with E-state index in [0.29, 0.717) is 35.4 Å². The summed E-state index contributed by atoms with van der Waals surface area (Å²) in [7, 11) is 2.09. The largest absolute Gasteiger partial charge is 0.351 e. The molecule has 1 N–H and O–H groups in total. The molecule has 0 spiro atoms. The molecule has 3 amide bonds. The number of nitrogens with zero attached hydrogens (tertiary/aromatic N) is 6. The lowest BCUT2D eigenvalue weighted by Gasteiger charge is -2.36. The molecule has 0 bridgehead atoms. The summed E-state index contributed by atoms with van der Waals surface area (Å²) in [4.78, 5) is 52.5. The minimum Gasteiger partial charge on any atom is -0.351 e. The van der Waals surface area contributed by atoms with Crippen LogP contribution in [0.5, 0.6) is 0 Å². The molecule has 2 aromatic rings. The Kier molecular flexibility index (Phi) is 8.16. The van der Waals surface area contributed by atoms with Crippen LogP contribution >= 0.6 is 0 Å². The molecule has 3 aliphatic rings.